The number of benzene rings is 3. The number of para-hydroxylation sites is 1. The third-order valence-corrected chi connectivity index (χ3v) is 4.80. The van der Waals surface area contributed by atoms with Gasteiger partial charge in [0, 0.05) is 11.3 Å². The first-order chi connectivity index (χ1) is 15.2. The van der Waals surface area contributed by atoms with Crippen LogP contribution in [0.5, 0.6) is 0 Å². The number of hydrogen-bond donors (Lipinski definition) is 1. The highest BCUT2D eigenvalue weighted by atomic mass is 16.5. The van der Waals surface area contributed by atoms with Gasteiger partial charge < -0.3 is 10.1 Å². The van der Waals surface area contributed by atoms with Crippen LogP contribution in [0.2, 0.25) is 0 Å². The van der Waals surface area contributed by atoms with Crippen molar-refractivity contribution in [2.24, 2.45) is 0 Å². The molecule has 0 aliphatic rings. The molecule has 4 rings (SSSR count). The highest BCUT2D eigenvalue weighted by Crippen LogP contribution is 2.33. The number of aromatic nitrogens is 1. The monoisotopic (exact) mass is 408 g/mol. The molecule has 1 amide bonds. The fraction of sp³-hybridized carbons (Fsp3) is 0.0385. The number of rotatable bonds is 5. The summed E-state index contributed by atoms with van der Waals surface area (Å²) in [6.45, 7) is 0. The number of esters is 1. The lowest BCUT2D eigenvalue weighted by Crippen LogP contribution is -2.17. The first-order valence-electron chi connectivity index (χ1n) is 9.78. The lowest BCUT2D eigenvalue weighted by molar-refractivity contribution is 0.0594. The number of carbonyl (C=O) groups excluding carboxylic acids is 2. The molecule has 152 valence electrons. The molecule has 0 fully saturated rings. The first kappa shape index (κ1) is 20.0. The first-order valence-corrected chi connectivity index (χ1v) is 9.78. The van der Waals surface area contributed by atoms with Crippen LogP contribution in [-0.2, 0) is 4.74 Å². The van der Waals surface area contributed by atoms with Crippen molar-refractivity contribution in [2.45, 2.75) is 0 Å². The second-order valence-electron chi connectivity index (χ2n) is 6.82. The van der Waals surface area contributed by atoms with Gasteiger partial charge in [-0.15, -0.1) is 0 Å². The second-order valence-corrected chi connectivity index (χ2v) is 6.82. The van der Waals surface area contributed by atoms with Crippen LogP contribution in [0.1, 0.15) is 20.8 Å². The summed E-state index contributed by atoms with van der Waals surface area (Å²) in [6.07, 6.45) is 0. The third kappa shape index (κ3) is 4.36. The topological polar surface area (TPSA) is 68.3 Å². The van der Waals surface area contributed by atoms with Gasteiger partial charge in [0.15, 0.2) is 0 Å². The molecule has 5 nitrogen and oxygen atoms in total. The van der Waals surface area contributed by atoms with Crippen molar-refractivity contribution in [2.75, 3.05) is 12.4 Å². The van der Waals surface area contributed by atoms with Crippen LogP contribution in [0, 0.1) is 0 Å². The molecule has 5 heteroatoms. The Bertz CT molecular complexity index is 1150. The van der Waals surface area contributed by atoms with Gasteiger partial charge in [-0.1, -0.05) is 78.9 Å². The van der Waals surface area contributed by atoms with E-state index in [-0.39, 0.29) is 11.6 Å². The molecule has 0 saturated heterocycles. The molecule has 0 saturated carbocycles. The van der Waals surface area contributed by atoms with Gasteiger partial charge in [-0.05, 0) is 29.3 Å². The van der Waals surface area contributed by atoms with Gasteiger partial charge in [0.05, 0.1) is 18.4 Å². The van der Waals surface area contributed by atoms with E-state index in [2.05, 4.69) is 10.3 Å². The number of anilines is 1. The Morgan fingerprint density at radius 3 is 1.90 bits per heavy atom. The molecule has 1 N–H and O–H groups in total. The van der Waals surface area contributed by atoms with Gasteiger partial charge in [-0.3, -0.25) is 4.79 Å². The van der Waals surface area contributed by atoms with Crippen molar-refractivity contribution in [3.63, 3.8) is 0 Å². The highest BCUT2D eigenvalue weighted by Gasteiger charge is 2.24. The number of amides is 1. The van der Waals surface area contributed by atoms with Crippen LogP contribution >= 0.6 is 0 Å². The quantitative estimate of drug-likeness (QED) is 0.446. The average Bonchev–Trinajstić information content (AvgIpc) is 2.84. The fourth-order valence-corrected chi connectivity index (χ4v) is 3.35. The van der Waals surface area contributed by atoms with E-state index in [0.717, 1.165) is 11.1 Å². The van der Waals surface area contributed by atoms with E-state index >= 15 is 0 Å². The maximum absolute atomic E-state index is 13.5. The van der Waals surface area contributed by atoms with Gasteiger partial charge in [-0.25, -0.2) is 9.78 Å². The molecule has 0 aliphatic heterocycles. The smallest absolute Gasteiger partial charge is 0.356 e. The number of ether oxygens (including phenoxy) is 1. The number of nitrogens with one attached hydrogen (secondary N) is 1. The Labute approximate surface area is 180 Å². The van der Waals surface area contributed by atoms with Crippen LogP contribution in [0.25, 0.3) is 22.4 Å². The lowest BCUT2D eigenvalue weighted by atomic mass is 9.94. The van der Waals surface area contributed by atoms with Gasteiger partial charge in [0.25, 0.3) is 5.91 Å². The van der Waals surface area contributed by atoms with Crippen molar-refractivity contribution < 1.29 is 14.3 Å². The van der Waals surface area contributed by atoms with Gasteiger partial charge in [0.1, 0.15) is 5.69 Å². The molecule has 0 bridgehead atoms. The summed E-state index contributed by atoms with van der Waals surface area (Å²) >= 11 is 0. The number of pyridine rings is 1. The minimum Gasteiger partial charge on any atom is -0.464 e. The summed E-state index contributed by atoms with van der Waals surface area (Å²) < 4.78 is 4.91. The Hall–Kier alpha value is -4.25. The number of hydrogen-bond acceptors (Lipinski definition) is 4. The average molecular weight is 408 g/mol. The van der Waals surface area contributed by atoms with Crippen molar-refractivity contribution in [1.82, 2.24) is 4.98 Å². The van der Waals surface area contributed by atoms with Crippen LogP contribution < -0.4 is 5.32 Å². The van der Waals surface area contributed by atoms with Gasteiger partial charge >= 0.3 is 5.97 Å². The summed E-state index contributed by atoms with van der Waals surface area (Å²) in [7, 11) is 1.31. The van der Waals surface area contributed by atoms with E-state index < -0.39 is 5.97 Å². The van der Waals surface area contributed by atoms with Crippen molar-refractivity contribution in [3.8, 4) is 22.4 Å². The van der Waals surface area contributed by atoms with Crippen molar-refractivity contribution >= 4 is 17.6 Å². The molecular formula is C26H20N2O3. The molecular weight excluding hydrogens is 388 g/mol. The van der Waals surface area contributed by atoms with E-state index in [1.165, 1.54) is 7.11 Å². The summed E-state index contributed by atoms with van der Waals surface area (Å²) in [5.74, 6) is -0.878. The van der Waals surface area contributed by atoms with Crippen LogP contribution in [0.15, 0.2) is 97.1 Å². The zero-order valence-corrected chi connectivity index (χ0v) is 16.9. The van der Waals surface area contributed by atoms with Crippen molar-refractivity contribution in [3.05, 3.63) is 108 Å². The van der Waals surface area contributed by atoms with Crippen LogP contribution in [0.3, 0.4) is 0 Å². The predicted octanol–water partition coefficient (Wildman–Crippen LogP) is 5.45. The van der Waals surface area contributed by atoms with Crippen LogP contribution in [0.4, 0.5) is 5.69 Å². The molecule has 0 unspecified atom stereocenters. The molecule has 3 aromatic carbocycles. The predicted molar refractivity (Wildman–Crippen MR) is 121 cm³/mol. The van der Waals surface area contributed by atoms with E-state index in [4.69, 9.17) is 4.74 Å². The normalized spacial score (nSPS) is 10.4. The SMILES string of the molecule is COC(=O)c1cc(-c2ccccc2)c(C(=O)Nc2ccccc2)c(-c2ccccc2)n1. The van der Waals surface area contributed by atoms with Crippen LogP contribution in [-0.4, -0.2) is 24.0 Å². The van der Waals surface area contributed by atoms with E-state index in [0.29, 0.717) is 22.5 Å². The fourth-order valence-electron chi connectivity index (χ4n) is 3.35. The summed E-state index contributed by atoms with van der Waals surface area (Å²) in [5.41, 5.74) is 3.72. The van der Waals surface area contributed by atoms with E-state index in [1.54, 1.807) is 6.07 Å². The van der Waals surface area contributed by atoms with Gasteiger partial charge in [0.2, 0.25) is 0 Å². The Balaban J connectivity index is 1.97. The lowest BCUT2D eigenvalue weighted by Gasteiger charge is -2.16. The maximum Gasteiger partial charge on any atom is 0.356 e. The summed E-state index contributed by atoms with van der Waals surface area (Å²) in [5, 5.41) is 2.95. The maximum atomic E-state index is 13.5. The standard InChI is InChI=1S/C26H20N2O3/c1-31-26(30)22-17-21(18-11-5-2-6-12-18)23(24(28-22)19-13-7-3-8-14-19)25(29)27-20-15-9-4-10-16-20/h2-17H,1H3,(H,27,29). The Kier molecular flexibility index (Phi) is 5.85. The zero-order chi connectivity index (χ0) is 21.6. The molecule has 0 spiro atoms. The van der Waals surface area contributed by atoms with E-state index in [9.17, 15) is 9.59 Å². The molecule has 1 aromatic heterocycles. The number of methoxy groups -OCH3 is 1. The molecule has 4 aromatic rings. The molecule has 0 atom stereocenters. The second kappa shape index (κ2) is 9.05. The number of nitrogens with zero attached hydrogens (tertiary/aromatic N) is 1. The van der Waals surface area contributed by atoms with E-state index in [1.807, 2.05) is 91.0 Å². The molecule has 1 heterocycles. The zero-order valence-electron chi connectivity index (χ0n) is 16.9. The molecule has 0 radical (unpaired) electrons. The minimum absolute atomic E-state index is 0.136. The number of carbonyl (C=O) groups is 2. The summed E-state index contributed by atoms with van der Waals surface area (Å²) in [4.78, 5) is 30.4. The minimum atomic E-state index is -0.565. The third-order valence-electron chi connectivity index (χ3n) is 4.80. The Morgan fingerprint density at radius 2 is 1.32 bits per heavy atom. The largest absolute Gasteiger partial charge is 0.464 e. The summed E-state index contributed by atoms with van der Waals surface area (Å²) in [6, 6.07) is 29.6. The highest BCUT2D eigenvalue weighted by molar-refractivity contribution is 6.13. The van der Waals surface area contributed by atoms with Gasteiger partial charge in [-0.2, -0.15) is 0 Å². The van der Waals surface area contributed by atoms with Crippen molar-refractivity contribution in [1.29, 1.82) is 0 Å². The molecule has 0 aliphatic carbocycles. The Morgan fingerprint density at radius 1 is 0.774 bits per heavy atom. The molecule has 31 heavy (non-hydrogen) atoms.